The minimum Gasteiger partial charge on any atom is -0.312 e. The molecule has 0 saturated carbocycles. The molecule has 1 aliphatic heterocycles. The fraction of sp³-hybridized carbons (Fsp3) is 1.00. The van der Waals surface area contributed by atoms with Crippen LogP contribution in [0.15, 0.2) is 0 Å². The molecule has 0 aromatic rings. The van der Waals surface area contributed by atoms with Gasteiger partial charge < -0.3 is 5.32 Å². The third-order valence-corrected chi connectivity index (χ3v) is 3.22. The molecule has 0 spiro atoms. The minimum atomic E-state index is -0.534. The van der Waals surface area contributed by atoms with Crippen LogP contribution in [0, 0.1) is 0 Å². The van der Waals surface area contributed by atoms with Crippen molar-refractivity contribution in [1.29, 1.82) is 0 Å². The number of hydrogen-bond acceptors (Lipinski definition) is 2. The normalized spacial score (nSPS) is 34.1. The molecule has 10 heavy (non-hydrogen) atoms. The van der Waals surface area contributed by atoms with E-state index >= 15 is 0 Å². The Balaban J connectivity index is 2.25. The summed E-state index contributed by atoms with van der Waals surface area (Å²) in [5.41, 5.74) is 0. The summed E-state index contributed by atoms with van der Waals surface area (Å²) < 4.78 is 11.0. The predicted molar refractivity (Wildman–Crippen MR) is 44.6 cm³/mol. The van der Waals surface area contributed by atoms with Crippen molar-refractivity contribution in [2.45, 2.75) is 25.8 Å². The molecule has 1 rings (SSSR count). The number of rotatable bonds is 2. The second-order valence-electron chi connectivity index (χ2n) is 2.75. The van der Waals surface area contributed by atoms with Gasteiger partial charge in [-0.1, -0.05) is 13.3 Å². The van der Waals surface area contributed by atoms with Crippen molar-refractivity contribution in [1.82, 2.24) is 5.32 Å². The van der Waals surface area contributed by atoms with Crippen molar-refractivity contribution in [3.8, 4) is 0 Å². The SMILES string of the molecule is CCCC1CS(=O)CCN1. The average molecular weight is 161 g/mol. The maximum absolute atomic E-state index is 11.0. The monoisotopic (exact) mass is 161 g/mol. The molecule has 60 valence electrons. The highest BCUT2D eigenvalue weighted by molar-refractivity contribution is 7.85. The molecule has 1 aliphatic rings. The fourth-order valence-corrected chi connectivity index (χ4v) is 2.52. The van der Waals surface area contributed by atoms with Crippen LogP contribution in [0.4, 0.5) is 0 Å². The zero-order chi connectivity index (χ0) is 7.40. The molecule has 0 bridgehead atoms. The second-order valence-corrected chi connectivity index (χ2v) is 4.37. The van der Waals surface area contributed by atoms with E-state index in [1.165, 1.54) is 12.8 Å². The lowest BCUT2D eigenvalue weighted by molar-refractivity contribution is 0.512. The van der Waals surface area contributed by atoms with Crippen LogP contribution < -0.4 is 5.32 Å². The molecule has 1 saturated heterocycles. The lowest BCUT2D eigenvalue weighted by Gasteiger charge is -2.22. The summed E-state index contributed by atoms with van der Waals surface area (Å²) in [4.78, 5) is 0. The standard InChI is InChI=1S/C7H15NOS/c1-2-3-7-6-10(9)5-4-8-7/h7-8H,2-6H2,1H3. The topological polar surface area (TPSA) is 29.1 Å². The Hall–Kier alpha value is 0.110. The lowest BCUT2D eigenvalue weighted by Crippen LogP contribution is -2.42. The van der Waals surface area contributed by atoms with Crippen LogP contribution in [0.2, 0.25) is 0 Å². The number of nitrogens with one attached hydrogen (secondary N) is 1. The Morgan fingerprint density at radius 2 is 2.50 bits per heavy atom. The van der Waals surface area contributed by atoms with Crippen LogP contribution in [0.3, 0.4) is 0 Å². The zero-order valence-corrected chi connectivity index (χ0v) is 7.25. The summed E-state index contributed by atoms with van der Waals surface area (Å²) in [6.45, 7) is 3.11. The minimum absolute atomic E-state index is 0.527. The molecule has 2 unspecified atom stereocenters. The Labute approximate surface area is 64.8 Å². The summed E-state index contributed by atoms with van der Waals surface area (Å²) >= 11 is 0. The molecule has 0 radical (unpaired) electrons. The van der Waals surface area contributed by atoms with E-state index in [-0.39, 0.29) is 0 Å². The van der Waals surface area contributed by atoms with Crippen molar-refractivity contribution in [3.05, 3.63) is 0 Å². The summed E-state index contributed by atoms with van der Waals surface area (Å²) in [5.74, 6) is 1.72. The van der Waals surface area contributed by atoms with Gasteiger partial charge in [-0.05, 0) is 6.42 Å². The maximum atomic E-state index is 11.0. The molecule has 0 aliphatic carbocycles. The quantitative estimate of drug-likeness (QED) is 0.639. The van der Waals surface area contributed by atoms with Crippen LogP contribution >= 0.6 is 0 Å². The van der Waals surface area contributed by atoms with E-state index in [2.05, 4.69) is 12.2 Å². The van der Waals surface area contributed by atoms with Crippen LogP contribution in [-0.4, -0.2) is 28.3 Å². The molecule has 1 heterocycles. The Morgan fingerprint density at radius 1 is 1.70 bits per heavy atom. The average Bonchev–Trinajstić information content (AvgIpc) is 1.88. The third kappa shape index (κ3) is 2.39. The van der Waals surface area contributed by atoms with Crippen molar-refractivity contribution >= 4 is 10.8 Å². The van der Waals surface area contributed by atoms with E-state index in [0.29, 0.717) is 6.04 Å². The van der Waals surface area contributed by atoms with E-state index in [9.17, 15) is 4.21 Å². The summed E-state index contributed by atoms with van der Waals surface area (Å²) in [5, 5.41) is 3.36. The van der Waals surface area contributed by atoms with E-state index < -0.39 is 10.8 Å². The molecule has 0 aromatic carbocycles. The van der Waals surface area contributed by atoms with Crippen LogP contribution in [0.25, 0.3) is 0 Å². The van der Waals surface area contributed by atoms with Gasteiger partial charge >= 0.3 is 0 Å². The Bertz CT molecular complexity index is 125. The molecule has 1 fully saturated rings. The van der Waals surface area contributed by atoms with Crippen molar-refractivity contribution < 1.29 is 4.21 Å². The maximum Gasteiger partial charge on any atom is 0.0389 e. The van der Waals surface area contributed by atoms with Crippen LogP contribution in [0.1, 0.15) is 19.8 Å². The molecule has 2 atom stereocenters. The van der Waals surface area contributed by atoms with Crippen LogP contribution in [-0.2, 0) is 10.8 Å². The van der Waals surface area contributed by atoms with E-state index in [1.54, 1.807) is 0 Å². The van der Waals surface area contributed by atoms with Gasteiger partial charge in [-0.25, -0.2) is 0 Å². The van der Waals surface area contributed by atoms with Gasteiger partial charge in [-0.2, -0.15) is 0 Å². The first kappa shape index (κ1) is 8.21. The molecule has 3 heteroatoms. The fourth-order valence-electron chi connectivity index (χ4n) is 1.28. The molecule has 1 N–H and O–H groups in total. The summed E-state index contributed by atoms with van der Waals surface area (Å²) in [6, 6.07) is 0.527. The smallest absolute Gasteiger partial charge is 0.0389 e. The van der Waals surface area contributed by atoms with Crippen LogP contribution in [0.5, 0.6) is 0 Å². The van der Waals surface area contributed by atoms with Gasteiger partial charge in [0.25, 0.3) is 0 Å². The highest BCUT2D eigenvalue weighted by Crippen LogP contribution is 2.02. The molecule has 0 amide bonds. The first-order valence-corrected chi connectivity index (χ1v) is 5.40. The zero-order valence-electron chi connectivity index (χ0n) is 6.43. The molecule has 0 aromatic heterocycles. The van der Waals surface area contributed by atoms with Gasteiger partial charge in [-0.3, -0.25) is 4.21 Å². The van der Waals surface area contributed by atoms with Gasteiger partial charge in [0.15, 0.2) is 0 Å². The first-order valence-electron chi connectivity index (χ1n) is 3.91. The van der Waals surface area contributed by atoms with Crippen molar-refractivity contribution in [2.75, 3.05) is 18.1 Å². The highest BCUT2D eigenvalue weighted by Gasteiger charge is 2.15. The second kappa shape index (κ2) is 4.09. The Kier molecular flexibility index (Phi) is 3.35. The van der Waals surface area contributed by atoms with E-state index in [4.69, 9.17) is 0 Å². The largest absolute Gasteiger partial charge is 0.312 e. The van der Waals surface area contributed by atoms with Gasteiger partial charge in [-0.15, -0.1) is 0 Å². The first-order chi connectivity index (χ1) is 4.83. The van der Waals surface area contributed by atoms with Crippen molar-refractivity contribution in [2.24, 2.45) is 0 Å². The highest BCUT2D eigenvalue weighted by atomic mass is 32.2. The van der Waals surface area contributed by atoms with Gasteiger partial charge in [0.2, 0.25) is 0 Å². The number of hydrogen-bond donors (Lipinski definition) is 1. The summed E-state index contributed by atoms with van der Waals surface area (Å²) in [7, 11) is -0.534. The van der Waals surface area contributed by atoms with E-state index in [1.807, 2.05) is 0 Å². The van der Waals surface area contributed by atoms with Crippen molar-refractivity contribution in [3.63, 3.8) is 0 Å². The third-order valence-electron chi connectivity index (χ3n) is 1.79. The molecular formula is C7H15NOS. The van der Waals surface area contributed by atoms with Gasteiger partial charge in [0, 0.05) is 34.9 Å². The van der Waals surface area contributed by atoms with Gasteiger partial charge in [0.1, 0.15) is 0 Å². The Morgan fingerprint density at radius 3 is 3.10 bits per heavy atom. The molecule has 2 nitrogen and oxygen atoms in total. The van der Waals surface area contributed by atoms with Gasteiger partial charge in [0.05, 0.1) is 0 Å². The van der Waals surface area contributed by atoms with E-state index in [0.717, 1.165) is 18.1 Å². The summed E-state index contributed by atoms with van der Waals surface area (Å²) in [6.07, 6.45) is 2.36. The molecular weight excluding hydrogens is 146 g/mol. The predicted octanol–water partition coefficient (Wildman–Crippen LogP) is 0.507. The lowest BCUT2D eigenvalue weighted by atomic mass is 10.2.